The van der Waals surface area contributed by atoms with Crippen LogP contribution in [-0.2, 0) is 32.6 Å². The van der Waals surface area contributed by atoms with Gasteiger partial charge in [0, 0.05) is 0 Å². The van der Waals surface area contributed by atoms with E-state index in [-0.39, 0.29) is 24.8 Å². The van der Waals surface area contributed by atoms with E-state index in [1.54, 1.807) is 11.1 Å². The maximum atomic E-state index is 6.41. The summed E-state index contributed by atoms with van der Waals surface area (Å²) in [6.07, 6.45) is 12.9. The minimum Gasteiger partial charge on any atom is -1.00 e. The molecule has 0 spiro atoms. The maximum Gasteiger partial charge on any atom is -1.00 e. The van der Waals surface area contributed by atoms with Crippen LogP contribution in [0.4, 0.5) is 0 Å². The van der Waals surface area contributed by atoms with Gasteiger partial charge in [-0.15, -0.1) is 0 Å². The van der Waals surface area contributed by atoms with Crippen LogP contribution >= 0.6 is 0 Å². The molecule has 1 nitrogen and oxygen atoms in total. The van der Waals surface area contributed by atoms with Gasteiger partial charge in [-0.25, -0.2) is 0 Å². The van der Waals surface area contributed by atoms with Crippen LogP contribution in [0.25, 0.3) is 17.2 Å². The summed E-state index contributed by atoms with van der Waals surface area (Å²) in [5.74, 6) is 0. The number of allylic oxidation sites excluding steroid dienone is 1. The number of hydrogen-bond donors (Lipinski definition) is 0. The molecule has 1 aliphatic rings. The van der Waals surface area contributed by atoms with Crippen molar-refractivity contribution in [3.05, 3.63) is 64.7 Å². The van der Waals surface area contributed by atoms with Crippen molar-refractivity contribution < 1.29 is 51.0 Å². The third-order valence-corrected chi connectivity index (χ3v) is 13.3. The standard InChI is InChI=1S/C25H31.C2H7OSi.2ClH.Zr/c1-3-5-7-8-11-21-18-23-12-9-13-24(25(23)19-21)22-16-14-20(15-17-22)10-6-4-2;1-4(2)3;;;/h9,12-19H,3-8,10-11H2,1-2H3;4H,1-2H3;2*1H;/q;-1;;;+3/p-2. The van der Waals surface area contributed by atoms with Gasteiger partial charge >= 0.3 is 199 Å². The maximum absolute atomic E-state index is 6.41. The Morgan fingerprint density at radius 2 is 1.56 bits per heavy atom. The minimum absolute atomic E-state index is 0. The third kappa shape index (κ3) is 8.24. The second kappa shape index (κ2) is 15.7. The summed E-state index contributed by atoms with van der Waals surface area (Å²) in [6, 6.07) is 16.3. The van der Waals surface area contributed by atoms with E-state index >= 15 is 0 Å². The van der Waals surface area contributed by atoms with E-state index in [4.69, 9.17) is 2.50 Å². The van der Waals surface area contributed by atoms with E-state index in [0.29, 0.717) is 3.63 Å². The Kier molecular flexibility index (Phi) is 14.6. The fraction of sp³-hybridized carbons (Fsp3) is 0.481. The van der Waals surface area contributed by atoms with Gasteiger partial charge in [0.25, 0.3) is 0 Å². The van der Waals surface area contributed by atoms with Gasteiger partial charge in [-0.3, -0.25) is 0 Å². The Labute approximate surface area is 222 Å². The SMILES string of the molecule is CCCCCCC1=Cc2c(-c3ccc(CCCC)cc3)cccc2[CH]1[Zr+2][O][SiH](C)C.[Cl-].[Cl-]. The van der Waals surface area contributed by atoms with E-state index in [2.05, 4.69) is 75.5 Å². The zero-order chi connectivity index (χ0) is 21.3. The van der Waals surface area contributed by atoms with Crippen LogP contribution in [0.2, 0.25) is 13.1 Å². The molecule has 1 aliphatic carbocycles. The molecular weight excluding hydrogens is 531 g/mol. The van der Waals surface area contributed by atoms with Crippen molar-refractivity contribution in [2.45, 2.75) is 81.9 Å². The molecule has 1 unspecified atom stereocenters. The normalized spacial score (nSPS) is 14.3. The average Bonchev–Trinajstić information content (AvgIpc) is 3.11. The molecule has 32 heavy (non-hydrogen) atoms. The topological polar surface area (TPSA) is 9.23 Å². The van der Waals surface area contributed by atoms with Crippen LogP contribution in [-0.4, -0.2) is 9.04 Å². The number of aryl methyl sites for hydroxylation is 1. The zero-order valence-corrected chi connectivity index (χ0v) is 25.2. The first-order valence-electron chi connectivity index (χ1n) is 12.0. The van der Waals surface area contributed by atoms with E-state index in [1.807, 2.05) is 0 Å². The Hall–Kier alpha value is -0.180. The molecule has 0 bridgehead atoms. The van der Waals surface area contributed by atoms with Crippen molar-refractivity contribution in [1.82, 2.24) is 0 Å². The summed E-state index contributed by atoms with van der Waals surface area (Å²) in [4.78, 5) is 0. The first kappa shape index (κ1) is 29.9. The molecule has 2 aromatic carbocycles. The fourth-order valence-corrected chi connectivity index (χ4v) is 9.54. The van der Waals surface area contributed by atoms with Crippen molar-refractivity contribution >= 4 is 15.1 Å². The average molecular weight is 569 g/mol. The van der Waals surface area contributed by atoms with Crippen molar-refractivity contribution in [3.63, 3.8) is 0 Å². The largest absolute Gasteiger partial charge is 1.00 e. The zero-order valence-electron chi connectivity index (χ0n) is 20.1. The summed E-state index contributed by atoms with van der Waals surface area (Å²) in [5.41, 5.74) is 8.92. The molecule has 2 aromatic rings. The fourth-order valence-electron chi connectivity index (χ4n) is 4.26. The number of benzene rings is 2. The number of fused-ring (bicyclic) bond motifs is 1. The Morgan fingerprint density at radius 3 is 2.22 bits per heavy atom. The van der Waals surface area contributed by atoms with Gasteiger partial charge in [0.05, 0.1) is 0 Å². The summed E-state index contributed by atoms with van der Waals surface area (Å²) >= 11 is -0.894. The van der Waals surface area contributed by atoms with Crippen LogP contribution in [0.1, 0.15) is 79.1 Å². The molecule has 0 heterocycles. The van der Waals surface area contributed by atoms with Gasteiger partial charge in [0.15, 0.2) is 0 Å². The van der Waals surface area contributed by atoms with Crippen LogP contribution < -0.4 is 24.8 Å². The Balaban J connectivity index is 0.00000256. The van der Waals surface area contributed by atoms with Crippen molar-refractivity contribution in [1.29, 1.82) is 0 Å². The number of hydrogen-bond acceptors (Lipinski definition) is 1. The summed E-state index contributed by atoms with van der Waals surface area (Å²) in [5, 5.41) is 0. The summed E-state index contributed by atoms with van der Waals surface area (Å²) in [7, 11) is -0.946. The molecule has 5 heteroatoms. The first-order chi connectivity index (χ1) is 14.6. The molecule has 1 atom stereocenters. The molecule has 174 valence electrons. The summed E-state index contributed by atoms with van der Waals surface area (Å²) in [6.45, 7) is 9.19. The van der Waals surface area contributed by atoms with E-state index < -0.39 is 32.7 Å². The second-order valence-corrected chi connectivity index (χ2v) is 14.9. The van der Waals surface area contributed by atoms with E-state index in [9.17, 15) is 0 Å². The van der Waals surface area contributed by atoms with Crippen molar-refractivity contribution in [2.75, 3.05) is 0 Å². The number of halogens is 2. The summed E-state index contributed by atoms with van der Waals surface area (Å²) < 4.78 is 7.02. The van der Waals surface area contributed by atoms with E-state index in [1.165, 1.54) is 73.6 Å². The molecule has 3 rings (SSSR count). The van der Waals surface area contributed by atoms with Crippen LogP contribution in [0, 0.1) is 0 Å². The van der Waals surface area contributed by atoms with Crippen molar-refractivity contribution in [3.8, 4) is 11.1 Å². The van der Waals surface area contributed by atoms with E-state index in [0.717, 1.165) is 0 Å². The Morgan fingerprint density at radius 1 is 0.844 bits per heavy atom. The minimum atomic E-state index is -0.946. The first-order valence-corrected chi connectivity index (χ1v) is 17.2. The van der Waals surface area contributed by atoms with Crippen LogP contribution in [0.5, 0.6) is 0 Å². The Bertz CT molecular complexity index is 836. The molecule has 0 fully saturated rings. The molecule has 0 saturated heterocycles. The quantitative estimate of drug-likeness (QED) is 0.282. The third-order valence-electron chi connectivity index (χ3n) is 5.98. The van der Waals surface area contributed by atoms with Gasteiger partial charge in [0.1, 0.15) is 0 Å². The van der Waals surface area contributed by atoms with Gasteiger partial charge in [0.2, 0.25) is 0 Å². The second-order valence-electron chi connectivity index (χ2n) is 8.86. The van der Waals surface area contributed by atoms with Crippen LogP contribution in [0.3, 0.4) is 0 Å². The molecule has 0 aromatic heterocycles. The molecule has 0 amide bonds. The van der Waals surface area contributed by atoms with Crippen LogP contribution in [0.15, 0.2) is 48.0 Å². The number of unbranched alkanes of at least 4 members (excludes halogenated alkanes) is 4. The molecular formula is C27H38Cl2OSiZr. The molecule has 0 radical (unpaired) electrons. The van der Waals surface area contributed by atoms with Crippen molar-refractivity contribution in [2.24, 2.45) is 0 Å². The molecule has 0 aliphatic heterocycles. The van der Waals surface area contributed by atoms with Gasteiger partial charge < -0.3 is 24.8 Å². The monoisotopic (exact) mass is 566 g/mol. The molecule has 0 saturated carbocycles. The van der Waals surface area contributed by atoms with Gasteiger partial charge in [-0.1, -0.05) is 0 Å². The van der Waals surface area contributed by atoms with Gasteiger partial charge in [-0.2, -0.15) is 0 Å². The predicted molar refractivity (Wildman–Crippen MR) is 130 cm³/mol. The number of rotatable bonds is 12. The van der Waals surface area contributed by atoms with Gasteiger partial charge in [-0.05, 0) is 0 Å². The smallest absolute Gasteiger partial charge is 1.00 e. The predicted octanol–water partition coefficient (Wildman–Crippen LogP) is 2.11. The molecule has 0 N–H and O–H groups in total.